The Kier molecular flexibility index (Phi) is 4.25. The van der Waals surface area contributed by atoms with Crippen molar-refractivity contribution in [3.05, 3.63) is 28.2 Å². The van der Waals surface area contributed by atoms with Gasteiger partial charge in [-0.25, -0.2) is 13.1 Å². The van der Waals surface area contributed by atoms with E-state index >= 15 is 0 Å². The third-order valence-electron chi connectivity index (χ3n) is 4.98. The molecule has 2 aliphatic rings. The molecule has 116 valence electrons. The van der Waals surface area contributed by atoms with Crippen molar-refractivity contribution >= 4 is 33.2 Å². The van der Waals surface area contributed by atoms with Crippen molar-refractivity contribution in [1.82, 2.24) is 4.72 Å². The number of hydrogen-bond donors (Lipinski definition) is 1. The van der Waals surface area contributed by atoms with Crippen molar-refractivity contribution in [3.63, 3.8) is 0 Å². The van der Waals surface area contributed by atoms with E-state index in [1.54, 1.807) is 0 Å². The van der Waals surface area contributed by atoms with Gasteiger partial charge in [0.25, 0.3) is 0 Å². The van der Waals surface area contributed by atoms with Crippen LogP contribution in [-0.2, 0) is 10.0 Å². The monoisotopic (exact) mass is 347 g/mol. The Bertz CT molecular complexity index is 647. The minimum Gasteiger partial charge on any atom is -0.208 e. The molecule has 0 spiro atoms. The number of hydrogen-bond acceptors (Lipinski definition) is 2. The van der Waals surface area contributed by atoms with Crippen molar-refractivity contribution in [1.29, 1.82) is 0 Å². The zero-order valence-corrected chi connectivity index (χ0v) is 14.2. The fourth-order valence-electron chi connectivity index (χ4n) is 3.95. The van der Waals surface area contributed by atoms with Crippen LogP contribution in [0.3, 0.4) is 0 Å². The fourth-order valence-corrected chi connectivity index (χ4v) is 5.63. The van der Waals surface area contributed by atoms with Gasteiger partial charge in [-0.3, -0.25) is 0 Å². The molecule has 3 nitrogen and oxygen atoms in total. The summed E-state index contributed by atoms with van der Waals surface area (Å²) in [5, 5.41) is 0.615. The van der Waals surface area contributed by atoms with Crippen LogP contribution in [0.4, 0.5) is 0 Å². The highest BCUT2D eigenvalue weighted by molar-refractivity contribution is 7.89. The summed E-state index contributed by atoms with van der Waals surface area (Å²) >= 11 is 11.7. The first-order valence-corrected chi connectivity index (χ1v) is 9.58. The van der Waals surface area contributed by atoms with Gasteiger partial charge >= 0.3 is 0 Å². The molecule has 2 saturated carbocycles. The maximum Gasteiger partial charge on any atom is 0.240 e. The van der Waals surface area contributed by atoms with Crippen LogP contribution in [0.25, 0.3) is 0 Å². The van der Waals surface area contributed by atoms with Crippen molar-refractivity contribution in [2.45, 2.75) is 43.5 Å². The minimum atomic E-state index is -3.55. The van der Waals surface area contributed by atoms with Gasteiger partial charge in [0, 0.05) is 6.04 Å². The van der Waals surface area contributed by atoms with Crippen LogP contribution in [-0.4, -0.2) is 14.5 Å². The standard InChI is InChI=1S/C15H19Cl2NO2S/c1-9(13-7-10-2-3-11(13)6-10)18-21(19,20)12-4-5-14(16)15(17)8-12/h4-5,8-11,13,18H,2-3,6-7H2,1H3. The van der Waals surface area contributed by atoms with E-state index in [4.69, 9.17) is 23.2 Å². The van der Waals surface area contributed by atoms with Gasteiger partial charge in [-0.2, -0.15) is 0 Å². The molecule has 2 aliphatic carbocycles. The number of halogens is 2. The van der Waals surface area contributed by atoms with Crippen LogP contribution in [0.2, 0.25) is 10.0 Å². The molecule has 4 unspecified atom stereocenters. The van der Waals surface area contributed by atoms with E-state index < -0.39 is 10.0 Å². The molecule has 4 atom stereocenters. The molecule has 2 bridgehead atoms. The number of fused-ring (bicyclic) bond motifs is 2. The Morgan fingerprint density at radius 2 is 1.95 bits per heavy atom. The lowest BCUT2D eigenvalue weighted by Crippen LogP contribution is -2.40. The summed E-state index contributed by atoms with van der Waals surface area (Å²) in [6, 6.07) is 4.37. The van der Waals surface area contributed by atoms with E-state index in [0.29, 0.717) is 16.9 Å². The first-order chi connectivity index (χ1) is 9.87. The van der Waals surface area contributed by atoms with Gasteiger partial charge < -0.3 is 0 Å². The second kappa shape index (κ2) is 5.73. The number of sulfonamides is 1. The van der Waals surface area contributed by atoms with Gasteiger partial charge in [0.15, 0.2) is 0 Å². The summed E-state index contributed by atoms with van der Waals surface area (Å²) in [5.74, 6) is 1.94. The van der Waals surface area contributed by atoms with Gasteiger partial charge in [0.05, 0.1) is 14.9 Å². The smallest absolute Gasteiger partial charge is 0.208 e. The maximum absolute atomic E-state index is 12.5. The van der Waals surface area contributed by atoms with Crippen LogP contribution in [0.1, 0.15) is 32.6 Å². The molecule has 0 saturated heterocycles. The van der Waals surface area contributed by atoms with Crippen LogP contribution in [0, 0.1) is 17.8 Å². The van der Waals surface area contributed by atoms with Crippen molar-refractivity contribution in [2.75, 3.05) is 0 Å². The molecule has 0 aromatic heterocycles. The Hall–Kier alpha value is -0.290. The van der Waals surface area contributed by atoms with Crippen molar-refractivity contribution < 1.29 is 8.42 Å². The highest BCUT2D eigenvalue weighted by Gasteiger charge is 2.42. The summed E-state index contributed by atoms with van der Waals surface area (Å²) in [6.45, 7) is 1.97. The van der Waals surface area contributed by atoms with E-state index in [-0.39, 0.29) is 16.0 Å². The fraction of sp³-hybridized carbons (Fsp3) is 0.600. The lowest BCUT2D eigenvalue weighted by atomic mass is 9.84. The molecule has 1 aromatic rings. The molecule has 21 heavy (non-hydrogen) atoms. The molecule has 2 fully saturated rings. The topological polar surface area (TPSA) is 46.2 Å². The van der Waals surface area contributed by atoms with Gasteiger partial charge in [0.1, 0.15) is 0 Å². The van der Waals surface area contributed by atoms with Gasteiger partial charge in [-0.05, 0) is 62.1 Å². The average Bonchev–Trinajstić information content (AvgIpc) is 3.03. The van der Waals surface area contributed by atoms with Crippen molar-refractivity contribution in [3.8, 4) is 0 Å². The van der Waals surface area contributed by atoms with Gasteiger partial charge in [0.2, 0.25) is 10.0 Å². The average molecular weight is 348 g/mol. The second-order valence-electron chi connectivity index (χ2n) is 6.32. The van der Waals surface area contributed by atoms with E-state index in [2.05, 4.69) is 4.72 Å². The predicted octanol–water partition coefficient (Wildman–Crippen LogP) is 4.10. The molecular weight excluding hydrogens is 329 g/mol. The largest absolute Gasteiger partial charge is 0.240 e. The number of rotatable bonds is 4. The summed E-state index contributed by atoms with van der Waals surface area (Å²) in [4.78, 5) is 0.173. The van der Waals surface area contributed by atoms with E-state index in [1.807, 2.05) is 6.92 Å². The zero-order chi connectivity index (χ0) is 15.2. The summed E-state index contributed by atoms with van der Waals surface area (Å²) in [7, 11) is -3.55. The third kappa shape index (κ3) is 3.09. The summed E-state index contributed by atoms with van der Waals surface area (Å²) in [6.07, 6.45) is 4.97. The van der Waals surface area contributed by atoms with Crippen LogP contribution in [0.15, 0.2) is 23.1 Å². The molecule has 6 heteroatoms. The Morgan fingerprint density at radius 1 is 1.19 bits per heavy atom. The molecule has 0 amide bonds. The summed E-state index contributed by atoms with van der Waals surface area (Å²) in [5.41, 5.74) is 0. The van der Waals surface area contributed by atoms with Crippen LogP contribution < -0.4 is 4.72 Å². The SMILES string of the molecule is CC(NS(=O)(=O)c1ccc(Cl)c(Cl)c1)C1CC2CCC1C2. The number of nitrogens with one attached hydrogen (secondary N) is 1. The highest BCUT2D eigenvalue weighted by atomic mass is 35.5. The first kappa shape index (κ1) is 15.6. The Morgan fingerprint density at radius 3 is 2.52 bits per heavy atom. The highest BCUT2D eigenvalue weighted by Crippen LogP contribution is 2.49. The van der Waals surface area contributed by atoms with E-state index in [0.717, 1.165) is 12.3 Å². The van der Waals surface area contributed by atoms with Gasteiger partial charge in [-0.15, -0.1) is 0 Å². The van der Waals surface area contributed by atoms with Crippen LogP contribution in [0.5, 0.6) is 0 Å². The normalized spacial score (nSPS) is 29.8. The Balaban J connectivity index is 1.75. The molecule has 3 rings (SSSR count). The van der Waals surface area contributed by atoms with Crippen LogP contribution >= 0.6 is 23.2 Å². The zero-order valence-electron chi connectivity index (χ0n) is 11.9. The van der Waals surface area contributed by atoms with E-state index in [9.17, 15) is 8.42 Å². The minimum absolute atomic E-state index is 0.0419. The Labute approximate surface area is 136 Å². The third-order valence-corrected chi connectivity index (χ3v) is 7.27. The first-order valence-electron chi connectivity index (χ1n) is 7.34. The molecule has 1 aromatic carbocycles. The molecular formula is C15H19Cl2NO2S. The lowest BCUT2D eigenvalue weighted by Gasteiger charge is -2.28. The molecule has 0 heterocycles. The van der Waals surface area contributed by atoms with Crippen molar-refractivity contribution in [2.24, 2.45) is 17.8 Å². The maximum atomic E-state index is 12.5. The number of benzene rings is 1. The van der Waals surface area contributed by atoms with E-state index in [1.165, 1.54) is 37.5 Å². The van der Waals surface area contributed by atoms with Gasteiger partial charge in [-0.1, -0.05) is 29.6 Å². The quantitative estimate of drug-likeness (QED) is 0.891. The second-order valence-corrected chi connectivity index (χ2v) is 8.85. The molecule has 0 radical (unpaired) electrons. The predicted molar refractivity (Wildman–Crippen MR) is 85.2 cm³/mol. The molecule has 1 N–H and O–H groups in total. The lowest BCUT2D eigenvalue weighted by molar-refractivity contribution is 0.280. The summed E-state index contributed by atoms with van der Waals surface area (Å²) < 4.78 is 27.7. The molecule has 0 aliphatic heterocycles.